The van der Waals surface area contributed by atoms with Crippen LogP contribution in [-0.4, -0.2) is 36.3 Å². The fourth-order valence-corrected chi connectivity index (χ4v) is 4.14. The highest BCUT2D eigenvalue weighted by Gasteiger charge is 2.25. The Morgan fingerprint density at radius 3 is 2.69 bits per heavy atom. The standard InChI is InChI=1S/C18H25N5O3/c1-4-26-10-9-21-16(24)14-15(20(3)18(21)25)19-17-22(14)11-12(2)23(17)13-7-5-6-8-13/h11,13H,4-10H2,1-3H3. The topological polar surface area (TPSA) is 75.5 Å². The van der Waals surface area contributed by atoms with Gasteiger partial charge in [-0.05, 0) is 26.7 Å². The number of nitrogens with zero attached hydrogens (tertiary/aromatic N) is 5. The highest BCUT2D eigenvalue weighted by Crippen LogP contribution is 2.32. The Hall–Kier alpha value is -2.35. The molecule has 1 saturated carbocycles. The molecule has 0 bridgehead atoms. The van der Waals surface area contributed by atoms with E-state index < -0.39 is 0 Å². The monoisotopic (exact) mass is 359 g/mol. The second-order valence-electron chi connectivity index (χ2n) is 7.03. The lowest BCUT2D eigenvalue weighted by molar-refractivity contribution is 0.137. The lowest BCUT2D eigenvalue weighted by Crippen LogP contribution is -2.40. The van der Waals surface area contributed by atoms with Gasteiger partial charge < -0.3 is 9.30 Å². The molecule has 26 heavy (non-hydrogen) atoms. The van der Waals surface area contributed by atoms with Gasteiger partial charge >= 0.3 is 5.69 Å². The van der Waals surface area contributed by atoms with Crippen LogP contribution in [0.4, 0.5) is 0 Å². The molecule has 3 heterocycles. The number of aryl methyl sites for hydroxylation is 2. The first kappa shape index (κ1) is 17.1. The van der Waals surface area contributed by atoms with Crippen LogP contribution in [0.5, 0.6) is 0 Å². The maximum Gasteiger partial charge on any atom is 0.332 e. The number of hydrogen-bond acceptors (Lipinski definition) is 4. The Labute approximate surface area is 150 Å². The molecule has 0 atom stereocenters. The summed E-state index contributed by atoms with van der Waals surface area (Å²) < 4.78 is 12.1. The summed E-state index contributed by atoms with van der Waals surface area (Å²) in [6.45, 7) is 5.07. The molecule has 3 aromatic rings. The van der Waals surface area contributed by atoms with Gasteiger partial charge in [0.05, 0.1) is 13.2 Å². The summed E-state index contributed by atoms with van der Waals surface area (Å²) in [5, 5.41) is 0. The maximum atomic E-state index is 13.0. The second-order valence-corrected chi connectivity index (χ2v) is 7.03. The zero-order valence-electron chi connectivity index (χ0n) is 15.6. The Morgan fingerprint density at radius 1 is 1.27 bits per heavy atom. The second kappa shape index (κ2) is 6.42. The van der Waals surface area contributed by atoms with Gasteiger partial charge in [-0.1, -0.05) is 12.8 Å². The van der Waals surface area contributed by atoms with E-state index in [0.29, 0.717) is 30.4 Å². The molecule has 140 valence electrons. The number of ether oxygens (including phenoxy) is 1. The van der Waals surface area contributed by atoms with E-state index in [-0.39, 0.29) is 17.8 Å². The first-order valence-electron chi connectivity index (χ1n) is 9.31. The van der Waals surface area contributed by atoms with E-state index in [2.05, 4.69) is 16.5 Å². The predicted molar refractivity (Wildman–Crippen MR) is 98.9 cm³/mol. The van der Waals surface area contributed by atoms with Gasteiger partial charge in [-0.3, -0.25) is 18.3 Å². The van der Waals surface area contributed by atoms with Gasteiger partial charge in [0.15, 0.2) is 11.2 Å². The van der Waals surface area contributed by atoms with E-state index in [9.17, 15) is 9.59 Å². The van der Waals surface area contributed by atoms with Gasteiger partial charge in [0.25, 0.3) is 5.56 Å². The average Bonchev–Trinajstić information content (AvgIpc) is 3.31. The molecule has 3 aromatic heterocycles. The summed E-state index contributed by atoms with van der Waals surface area (Å²) >= 11 is 0. The molecule has 0 spiro atoms. The Kier molecular flexibility index (Phi) is 4.22. The molecule has 0 amide bonds. The third-order valence-corrected chi connectivity index (χ3v) is 5.42. The number of aromatic nitrogens is 5. The van der Waals surface area contributed by atoms with Crippen LogP contribution in [0.15, 0.2) is 15.8 Å². The van der Waals surface area contributed by atoms with Crippen molar-refractivity contribution in [2.75, 3.05) is 13.2 Å². The molecule has 0 aromatic carbocycles. The van der Waals surface area contributed by atoms with E-state index in [1.54, 1.807) is 7.05 Å². The summed E-state index contributed by atoms with van der Waals surface area (Å²) in [5.41, 5.74) is 1.33. The fourth-order valence-electron chi connectivity index (χ4n) is 4.14. The molecular formula is C18H25N5O3. The van der Waals surface area contributed by atoms with E-state index in [0.717, 1.165) is 24.3 Å². The Balaban J connectivity index is 1.96. The lowest BCUT2D eigenvalue weighted by Gasteiger charge is -2.13. The summed E-state index contributed by atoms with van der Waals surface area (Å²) in [4.78, 5) is 30.3. The van der Waals surface area contributed by atoms with E-state index in [1.807, 2.05) is 17.5 Å². The number of fused-ring (bicyclic) bond motifs is 3. The molecule has 0 unspecified atom stereocenters. The first-order valence-corrected chi connectivity index (χ1v) is 9.31. The van der Waals surface area contributed by atoms with Gasteiger partial charge in [-0.2, -0.15) is 4.98 Å². The van der Waals surface area contributed by atoms with Crippen molar-refractivity contribution in [3.63, 3.8) is 0 Å². The first-order chi connectivity index (χ1) is 12.5. The SMILES string of the molecule is CCOCCn1c(=O)c2c(nc3n(C4CCCC4)c(C)cn23)n(C)c1=O. The predicted octanol–water partition coefficient (Wildman–Crippen LogP) is 1.61. The Morgan fingerprint density at radius 2 is 2.00 bits per heavy atom. The summed E-state index contributed by atoms with van der Waals surface area (Å²) in [7, 11) is 1.67. The van der Waals surface area contributed by atoms with E-state index >= 15 is 0 Å². The number of rotatable bonds is 5. The van der Waals surface area contributed by atoms with Crippen molar-refractivity contribution in [3.8, 4) is 0 Å². The summed E-state index contributed by atoms with van der Waals surface area (Å²) in [6.07, 6.45) is 6.66. The van der Waals surface area contributed by atoms with Crippen molar-refractivity contribution in [2.24, 2.45) is 7.05 Å². The summed E-state index contributed by atoms with van der Waals surface area (Å²) in [5.74, 6) is 0.749. The van der Waals surface area contributed by atoms with Gasteiger partial charge in [0.2, 0.25) is 5.78 Å². The molecular weight excluding hydrogens is 334 g/mol. The van der Waals surface area contributed by atoms with Crippen molar-refractivity contribution in [1.29, 1.82) is 0 Å². The van der Waals surface area contributed by atoms with Crippen molar-refractivity contribution in [3.05, 3.63) is 32.7 Å². The third-order valence-electron chi connectivity index (χ3n) is 5.42. The summed E-state index contributed by atoms with van der Waals surface area (Å²) in [6, 6.07) is 0.418. The fraction of sp³-hybridized carbons (Fsp3) is 0.611. The smallest absolute Gasteiger partial charge is 0.332 e. The normalized spacial score (nSPS) is 15.7. The van der Waals surface area contributed by atoms with Crippen molar-refractivity contribution in [1.82, 2.24) is 23.1 Å². The van der Waals surface area contributed by atoms with Gasteiger partial charge in [-0.25, -0.2) is 4.79 Å². The molecule has 0 radical (unpaired) electrons. The minimum absolute atomic E-state index is 0.241. The zero-order valence-corrected chi connectivity index (χ0v) is 15.6. The van der Waals surface area contributed by atoms with Crippen LogP contribution in [0.25, 0.3) is 16.9 Å². The van der Waals surface area contributed by atoms with Crippen LogP contribution in [0.1, 0.15) is 44.3 Å². The minimum atomic E-state index is -0.355. The molecule has 4 rings (SSSR count). The molecule has 1 aliphatic rings. The molecule has 1 fully saturated rings. The lowest BCUT2D eigenvalue weighted by atomic mass is 10.2. The third kappa shape index (κ3) is 2.43. The van der Waals surface area contributed by atoms with Crippen molar-refractivity contribution >= 4 is 16.9 Å². The van der Waals surface area contributed by atoms with Crippen molar-refractivity contribution in [2.45, 2.75) is 52.1 Å². The Bertz CT molecular complexity index is 1080. The van der Waals surface area contributed by atoms with Crippen LogP contribution in [0.2, 0.25) is 0 Å². The van der Waals surface area contributed by atoms with E-state index in [4.69, 9.17) is 4.74 Å². The van der Waals surface area contributed by atoms with Crippen LogP contribution in [0, 0.1) is 6.92 Å². The average molecular weight is 359 g/mol. The molecule has 8 heteroatoms. The highest BCUT2D eigenvalue weighted by molar-refractivity contribution is 5.75. The van der Waals surface area contributed by atoms with Crippen LogP contribution >= 0.6 is 0 Å². The number of imidazole rings is 2. The molecule has 1 aliphatic carbocycles. The maximum absolute atomic E-state index is 13.0. The molecule has 0 N–H and O–H groups in total. The molecule has 8 nitrogen and oxygen atoms in total. The van der Waals surface area contributed by atoms with Crippen molar-refractivity contribution < 1.29 is 4.74 Å². The van der Waals surface area contributed by atoms with E-state index in [1.165, 1.54) is 22.0 Å². The molecule has 0 aliphatic heterocycles. The van der Waals surface area contributed by atoms with Crippen LogP contribution < -0.4 is 11.2 Å². The molecule has 0 saturated heterocycles. The van der Waals surface area contributed by atoms with Gasteiger partial charge in [-0.15, -0.1) is 0 Å². The zero-order chi connectivity index (χ0) is 18.4. The van der Waals surface area contributed by atoms with Crippen LogP contribution in [0.3, 0.4) is 0 Å². The quantitative estimate of drug-likeness (QED) is 0.649. The van der Waals surface area contributed by atoms with Gasteiger partial charge in [0.1, 0.15) is 0 Å². The minimum Gasteiger partial charge on any atom is -0.380 e. The highest BCUT2D eigenvalue weighted by atomic mass is 16.5. The largest absolute Gasteiger partial charge is 0.380 e. The number of hydrogen-bond donors (Lipinski definition) is 0. The van der Waals surface area contributed by atoms with Gasteiger partial charge in [0, 0.05) is 31.6 Å². The van der Waals surface area contributed by atoms with Crippen LogP contribution in [-0.2, 0) is 18.3 Å².